The fourth-order valence-corrected chi connectivity index (χ4v) is 6.39. The minimum atomic E-state index is -0.939. The molecule has 9 nitrogen and oxygen atoms in total. The molecule has 3 aromatic rings. The third-order valence-corrected chi connectivity index (χ3v) is 8.83. The zero-order valence-electron chi connectivity index (χ0n) is 18.9. The number of imidazole rings is 1. The monoisotopic (exact) mass is 591 g/mol. The van der Waals surface area contributed by atoms with E-state index in [0.717, 1.165) is 60.3 Å². The lowest BCUT2D eigenvalue weighted by atomic mass is 9.93. The van der Waals surface area contributed by atoms with E-state index >= 15 is 0 Å². The van der Waals surface area contributed by atoms with Gasteiger partial charge in [-0.1, -0.05) is 11.8 Å². The number of anilines is 1. The van der Waals surface area contributed by atoms with Gasteiger partial charge in [0, 0.05) is 34.5 Å². The molecule has 0 radical (unpaired) electrons. The molecule has 4 heterocycles. The fourth-order valence-electron chi connectivity index (χ4n) is 4.58. The zero-order chi connectivity index (χ0) is 23.8. The van der Waals surface area contributed by atoms with E-state index in [0.29, 0.717) is 30.3 Å². The van der Waals surface area contributed by atoms with E-state index in [2.05, 4.69) is 49.3 Å². The quantitative estimate of drug-likeness (QED) is 0.420. The second kappa shape index (κ2) is 9.86. The number of ether oxygens (including phenoxy) is 1. The van der Waals surface area contributed by atoms with Crippen LogP contribution in [0.25, 0.3) is 11.2 Å². The number of fused-ring (bicyclic) bond motifs is 2. The number of hydrogen-bond acceptors (Lipinski definition) is 8. The van der Waals surface area contributed by atoms with Crippen molar-refractivity contribution >= 4 is 57.2 Å². The Kier molecular flexibility index (Phi) is 6.85. The van der Waals surface area contributed by atoms with Crippen LogP contribution in [-0.4, -0.2) is 61.2 Å². The maximum Gasteiger partial charge on any atom is 0.251 e. The number of aromatic nitrogens is 4. The van der Waals surface area contributed by atoms with Crippen molar-refractivity contribution in [3.05, 3.63) is 27.6 Å². The van der Waals surface area contributed by atoms with E-state index in [1.165, 1.54) is 22.4 Å². The molecule has 1 aromatic carbocycles. The summed E-state index contributed by atoms with van der Waals surface area (Å²) in [6.07, 6.45) is 4.28. The summed E-state index contributed by atoms with van der Waals surface area (Å²) in [6.45, 7) is 4.37. The van der Waals surface area contributed by atoms with E-state index in [1.54, 1.807) is 16.7 Å². The number of piperidine rings is 1. The highest BCUT2D eigenvalue weighted by Crippen LogP contribution is 2.39. The molecule has 180 valence electrons. The van der Waals surface area contributed by atoms with E-state index in [9.17, 15) is 9.90 Å². The highest BCUT2D eigenvalue weighted by atomic mass is 124. The molecule has 0 spiro atoms. The average Bonchev–Trinajstić information content (AvgIpc) is 3.42. The van der Waals surface area contributed by atoms with Crippen LogP contribution in [0.3, 0.4) is 0 Å². The summed E-state index contributed by atoms with van der Waals surface area (Å²) in [6, 6.07) is 4.29. The van der Waals surface area contributed by atoms with Gasteiger partial charge in [-0.05, 0) is 72.4 Å². The van der Waals surface area contributed by atoms with Gasteiger partial charge in [-0.3, -0.25) is 4.79 Å². The van der Waals surface area contributed by atoms with Crippen molar-refractivity contribution < 1.29 is 14.6 Å². The molecule has 0 unspecified atom stereocenters. The molecular formula is C23H27IN6O3S. The molecule has 34 heavy (non-hydrogen) atoms. The van der Waals surface area contributed by atoms with E-state index < -0.39 is 6.10 Å². The minimum Gasteiger partial charge on any atom is -0.493 e. The Balaban J connectivity index is 1.36. The fraction of sp³-hybridized carbons (Fsp3) is 0.478. The summed E-state index contributed by atoms with van der Waals surface area (Å²) < 4.78 is 9.08. The normalized spacial score (nSPS) is 17.1. The number of nitrogens with two attached hydrogens (primary N) is 1. The summed E-state index contributed by atoms with van der Waals surface area (Å²) in [5.74, 6) is 1.63. The number of nitrogen functional groups attached to an aromatic ring is 1. The topological polar surface area (TPSA) is 119 Å². The number of carbonyl (C=O) groups is 1. The first kappa shape index (κ1) is 23.6. The minimum absolute atomic E-state index is 0.183. The van der Waals surface area contributed by atoms with Crippen molar-refractivity contribution in [2.45, 2.75) is 55.3 Å². The smallest absolute Gasteiger partial charge is 0.251 e. The van der Waals surface area contributed by atoms with Gasteiger partial charge in [0.2, 0.25) is 0 Å². The molecule has 0 saturated carbocycles. The second-order valence-corrected chi connectivity index (χ2v) is 11.0. The van der Waals surface area contributed by atoms with Crippen molar-refractivity contribution in [1.29, 1.82) is 0 Å². The number of amides is 1. The van der Waals surface area contributed by atoms with Crippen LogP contribution in [0, 0.1) is 9.49 Å². The molecule has 0 bridgehead atoms. The lowest BCUT2D eigenvalue weighted by Gasteiger charge is -2.32. The highest BCUT2D eigenvalue weighted by molar-refractivity contribution is 14.1. The number of nitrogens with zero attached hydrogens (tertiary/aromatic N) is 5. The van der Waals surface area contributed by atoms with Gasteiger partial charge in [0.25, 0.3) is 5.91 Å². The van der Waals surface area contributed by atoms with Crippen LogP contribution in [-0.2, 0) is 17.8 Å². The van der Waals surface area contributed by atoms with E-state index in [-0.39, 0.29) is 5.91 Å². The SMILES string of the molecule is C[C@H](O)C(=O)N1CCC(CCn2c(Sc3cc4c(cc3[124I])CCO4)nc3c(N)ncnc32)CC1. The van der Waals surface area contributed by atoms with Gasteiger partial charge in [0.1, 0.15) is 18.2 Å². The summed E-state index contributed by atoms with van der Waals surface area (Å²) >= 11 is 3.97. The molecular weight excluding hydrogens is 564 g/mol. The lowest BCUT2D eigenvalue weighted by Crippen LogP contribution is -2.43. The molecule has 1 fully saturated rings. The Labute approximate surface area is 215 Å². The van der Waals surface area contributed by atoms with Gasteiger partial charge in [-0.15, -0.1) is 0 Å². The maximum absolute atomic E-state index is 12.1. The molecule has 3 N–H and O–H groups in total. The molecule has 0 aliphatic carbocycles. The average molecular weight is 591 g/mol. The number of aliphatic hydroxyl groups excluding tert-OH is 1. The summed E-state index contributed by atoms with van der Waals surface area (Å²) in [4.78, 5) is 28.4. The van der Waals surface area contributed by atoms with Gasteiger partial charge in [-0.25, -0.2) is 15.0 Å². The Morgan fingerprint density at radius 1 is 1.35 bits per heavy atom. The van der Waals surface area contributed by atoms with Crippen LogP contribution in [0.4, 0.5) is 5.82 Å². The first-order valence-electron chi connectivity index (χ1n) is 11.5. The van der Waals surface area contributed by atoms with Crippen LogP contribution in [0.5, 0.6) is 5.75 Å². The number of likely N-dealkylation sites (tertiary alicyclic amines) is 1. The van der Waals surface area contributed by atoms with Crippen LogP contribution in [0.1, 0.15) is 31.7 Å². The predicted molar refractivity (Wildman–Crippen MR) is 138 cm³/mol. The maximum atomic E-state index is 12.1. The third-order valence-electron chi connectivity index (χ3n) is 6.52. The first-order chi connectivity index (χ1) is 16.4. The first-order valence-corrected chi connectivity index (χ1v) is 13.4. The van der Waals surface area contributed by atoms with E-state index in [4.69, 9.17) is 15.5 Å². The Morgan fingerprint density at radius 3 is 2.91 bits per heavy atom. The van der Waals surface area contributed by atoms with Gasteiger partial charge in [-0.2, -0.15) is 0 Å². The van der Waals surface area contributed by atoms with Crippen molar-refractivity contribution in [3.63, 3.8) is 0 Å². The zero-order valence-corrected chi connectivity index (χ0v) is 21.9. The van der Waals surface area contributed by atoms with Crippen LogP contribution >= 0.6 is 34.4 Å². The van der Waals surface area contributed by atoms with Crippen molar-refractivity contribution in [2.75, 3.05) is 25.4 Å². The van der Waals surface area contributed by atoms with Crippen LogP contribution in [0.15, 0.2) is 28.5 Å². The molecule has 2 aliphatic heterocycles. The predicted octanol–water partition coefficient (Wildman–Crippen LogP) is 3.11. The number of carbonyl (C=O) groups excluding carboxylic acids is 1. The van der Waals surface area contributed by atoms with Gasteiger partial charge < -0.3 is 25.0 Å². The molecule has 1 amide bonds. The lowest BCUT2D eigenvalue weighted by molar-refractivity contribution is -0.140. The number of rotatable bonds is 6. The van der Waals surface area contributed by atoms with Crippen molar-refractivity contribution in [1.82, 2.24) is 24.4 Å². The number of aryl methyl sites for hydroxylation is 1. The Bertz CT molecular complexity index is 1230. The number of benzene rings is 1. The van der Waals surface area contributed by atoms with Gasteiger partial charge in [0.15, 0.2) is 22.1 Å². The van der Waals surface area contributed by atoms with E-state index in [1.807, 2.05) is 0 Å². The molecule has 5 rings (SSSR count). The molecule has 1 saturated heterocycles. The standard InChI is InChI=1S/C23H27IN6O3S/c1-13(31)22(32)29-6-2-14(3-7-29)4-8-30-21-19(20(25)26-12-27-21)28-23(30)34-18-11-17-15(5-9-33-17)10-16(18)24/h10-14,31H,2-9H2,1H3,(H2,25,26,27)/t13-/m0/s1/i24-3. The number of aliphatic hydroxyl groups is 1. The third kappa shape index (κ3) is 4.69. The molecule has 11 heteroatoms. The van der Waals surface area contributed by atoms with Crippen LogP contribution in [0.2, 0.25) is 0 Å². The van der Waals surface area contributed by atoms with Crippen molar-refractivity contribution in [3.8, 4) is 5.75 Å². The summed E-state index contributed by atoms with van der Waals surface area (Å²) in [7, 11) is 0. The summed E-state index contributed by atoms with van der Waals surface area (Å²) in [5, 5.41) is 10.4. The largest absolute Gasteiger partial charge is 0.493 e. The highest BCUT2D eigenvalue weighted by Gasteiger charge is 2.26. The molecule has 2 aliphatic rings. The van der Waals surface area contributed by atoms with Gasteiger partial charge in [0.05, 0.1) is 6.61 Å². The second-order valence-electron chi connectivity index (χ2n) is 8.80. The Hall–Kier alpha value is -2.12. The number of halogens is 1. The van der Waals surface area contributed by atoms with Gasteiger partial charge >= 0.3 is 0 Å². The molecule has 2 aromatic heterocycles. The van der Waals surface area contributed by atoms with Crippen LogP contribution < -0.4 is 10.5 Å². The molecule has 1 atom stereocenters. The van der Waals surface area contributed by atoms with Crippen molar-refractivity contribution in [2.24, 2.45) is 5.92 Å². The Morgan fingerprint density at radius 2 is 2.15 bits per heavy atom. The summed E-state index contributed by atoms with van der Waals surface area (Å²) in [5.41, 5.74) is 8.73. The number of hydrogen-bond donors (Lipinski definition) is 2.